The lowest BCUT2D eigenvalue weighted by Crippen LogP contribution is -2.45. The SMILES string of the molecule is CCCC(O)C(=O)C1CCOC2(CCCCC2)C1. The van der Waals surface area contributed by atoms with Crippen molar-refractivity contribution in [3.63, 3.8) is 0 Å². The van der Waals surface area contributed by atoms with Gasteiger partial charge >= 0.3 is 0 Å². The Labute approximate surface area is 110 Å². The van der Waals surface area contributed by atoms with E-state index in [1.54, 1.807) is 0 Å². The Bertz CT molecular complexity index is 276. The zero-order valence-electron chi connectivity index (χ0n) is 11.5. The van der Waals surface area contributed by atoms with E-state index in [4.69, 9.17) is 4.74 Å². The van der Waals surface area contributed by atoms with E-state index < -0.39 is 6.10 Å². The molecule has 1 heterocycles. The van der Waals surface area contributed by atoms with Crippen molar-refractivity contribution in [1.82, 2.24) is 0 Å². The molecule has 0 amide bonds. The lowest BCUT2D eigenvalue weighted by molar-refractivity contribution is -0.149. The van der Waals surface area contributed by atoms with Crippen LogP contribution in [0.2, 0.25) is 0 Å². The van der Waals surface area contributed by atoms with Crippen molar-refractivity contribution in [2.45, 2.75) is 76.4 Å². The van der Waals surface area contributed by atoms with Crippen LogP contribution in [-0.2, 0) is 9.53 Å². The standard InChI is InChI=1S/C15H26O3/c1-2-6-13(16)14(17)12-7-10-18-15(11-12)8-4-3-5-9-15/h12-13,16H,2-11H2,1H3. The highest BCUT2D eigenvalue weighted by Crippen LogP contribution is 2.41. The number of carbonyl (C=O) groups is 1. The molecule has 1 saturated carbocycles. The van der Waals surface area contributed by atoms with Crippen molar-refractivity contribution in [1.29, 1.82) is 0 Å². The van der Waals surface area contributed by atoms with Gasteiger partial charge in [-0.05, 0) is 32.1 Å². The summed E-state index contributed by atoms with van der Waals surface area (Å²) in [6.45, 7) is 2.69. The molecule has 3 nitrogen and oxygen atoms in total. The fraction of sp³-hybridized carbons (Fsp3) is 0.933. The van der Waals surface area contributed by atoms with Crippen LogP contribution in [0.1, 0.15) is 64.7 Å². The Morgan fingerprint density at radius 1 is 1.39 bits per heavy atom. The normalized spacial score (nSPS) is 29.1. The Kier molecular flexibility index (Phi) is 4.79. The lowest BCUT2D eigenvalue weighted by Gasteiger charge is -2.43. The third-order valence-corrected chi connectivity index (χ3v) is 4.55. The summed E-state index contributed by atoms with van der Waals surface area (Å²) in [7, 11) is 0. The lowest BCUT2D eigenvalue weighted by atomic mass is 9.74. The summed E-state index contributed by atoms with van der Waals surface area (Å²) in [6, 6.07) is 0. The summed E-state index contributed by atoms with van der Waals surface area (Å²) in [5.74, 6) is 0.0866. The molecule has 1 saturated heterocycles. The van der Waals surface area contributed by atoms with Crippen LogP contribution < -0.4 is 0 Å². The van der Waals surface area contributed by atoms with Crippen LogP contribution in [-0.4, -0.2) is 29.2 Å². The molecule has 104 valence electrons. The summed E-state index contributed by atoms with van der Waals surface area (Å²) in [5, 5.41) is 9.87. The second kappa shape index (κ2) is 6.16. The number of hydrogen-bond donors (Lipinski definition) is 1. The van der Waals surface area contributed by atoms with E-state index in [-0.39, 0.29) is 17.3 Å². The van der Waals surface area contributed by atoms with E-state index in [1.165, 1.54) is 19.3 Å². The van der Waals surface area contributed by atoms with Crippen LogP contribution in [0.3, 0.4) is 0 Å². The van der Waals surface area contributed by atoms with Crippen LogP contribution in [0, 0.1) is 5.92 Å². The van der Waals surface area contributed by atoms with E-state index in [0.29, 0.717) is 13.0 Å². The highest BCUT2D eigenvalue weighted by Gasteiger charge is 2.41. The first kappa shape index (κ1) is 14.0. The number of ether oxygens (including phenoxy) is 1. The van der Waals surface area contributed by atoms with E-state index in [9.17, 15) is 9.90 Å². The summed E-state index contributed by atoms with van der Waals surface area (Å²) in [6.07, 6.45) is 8.28. The molecule has 0 radical (unpaired) electrons. The summed E-state index contributed by atoms with van der Waals surface area (Å²) in [4.78, 5) is 12.2. The molecule has 0 aromatic rings. The predicted molar refractivity (Wildman–Crippen MR) is 70.4 cm³/mol. The number of aliphatic hydroxyl groups excluding tert-OH is 1. The topological polar surface area (TPSA) is 46.5 Å². The Morgan fingerprint density at radius 3 is 2.78 bits per heavy atom. The van der Waals surface area contributed by atoms with Gasteiger partial charge in [0.15, 0.2) is 5.78 Å². The molecule has 2 aliphatic rings. The van der Waals surface area contributed by atoms with Gasteiger partial charge in [-0.15, -0.1) is 0 Å². The largest absolute Gasteiger partial charge is 0.385 e. The van der Waals surface area contributed by atoms with Gasteiger partial charge in [0, 0.05) is 12.5 Å². The maximum absolute atomic E-state index is 12.2. The van der Waals surface area contributed by atoms with Crippen LogP contribution in [0.25, 0.3) is 0 Å². The van der Waals surface area contributed by atoms with Crippen molar-refractivity contribution in [3.8, 4) is 0 Å². The molecule has 0 bridgehead atoms. The zero-order valence-corrected chi connectivity index (χ0v) is 11.5. The number of rotatable bonds is 4. The van der Waals surface area contributed by atoms with Crippen molar-refractivity contribution >= 4 is 5.78 Å². The zero-order chi connectivity index (χ0) is 13.0. The first-order valence-corrected chi connectivity index (χ1v) is 7.52. The van der Waals surface area contributed by atoms with Gasteiger partial charge in [0.2, 0.25) is 0 Å². The Balaban J connectivity index is 1.95. The minimum absolute atomic E-state index is 0.0263. The van der Waals surface area contributed by atoms with Gasteiger partial charge in [-0.1, -0.05) is 32.6 Å². The Hall–Kier alpha value is -0.410. The van der Waals surface area contributed by atoms with Crippen molar-refractivity contribution in [3.05, 3.63) is 0 Å². The Morgan fingerprint density at radius 2 is 2.11 bits per heavy atom. The van der Waals surface area contributed by atoms with Crippen molar-refractivity contribution in [2.75, 3.05) is 6.61 Å². The number of ketones is 1. The molecule has 18 heavy (non-hydrogen) atoms. The summed E-state index contributed by atoms with van der Waals surface area (Å²) in [5.41, 5.74) is -0.0389. The van der Waals surface area contributed by atoms with E-state index in [2.05, 4.69) is 0 Å². The van der Waals surface area contributed by atoms with Gasteiger partial charge in [0.1, 0.15) is 6.10 Å². The molecule has 2 atom stereocenters. The van der Waals surface area contributed by atoms with Gasteiger partial charge in [-0.3, -0.25) is 4.79 Å². The minimum atomic E-state index is -0.751. The average molecular weight is 254 g/mol. The predicted octanol–water partition coefficient (Wildman–Crippen LogP) is 2.85. The van der Waals surface area contributed by atoms with Gasteiger partial charge in [0.25, 0.3) is 0 Å². The summed E-state index contributed by atoms with van der Waals surface area (Å²) < 4.78 is 5.99. The third-order valence-electron chi connectivity index (χ3n) is 4.55. The van der Waals surface area contributed by atoms with E-state index in [0.717, 1.165) is 32.1 Å². The van der Waals surface area contributed by atoms with Gasteiger partial charge in [-0.25, -0.2) is 0 Å². The molecule has 0 aromatic heterocycles. The second-order valence-corrected chi connectivity index (χ2v) is 5.99. The van der Waals surface area contributed by atoms with Gasteiger partial charge in [0.05, 0.1) is 5.60 Å². The smallest absolute Gasteiger partial charge is 0.164 e. The third kappa shape index (κ3) is 3.12. The summed E-state index contributed by atoms with van der Waals surface area (Å²) >= 11 is 0. The maximum atomic E-state index is 12.2. The highest BCUT2D eigenvalue weighted by molar-refractivity contribution is 5.85. The minimum Gasteiger partial charge on any atom is -0.385 e. The first-order chi connectivity index (χ1) is 8.67. The van der Waals surface area contributed by atoms with Crippen LogP contribution in [0.4, 0.5) is 0 Å². The van der Waals surface area contributed by atoms with Crippen LogP contribution in [0.5, 0.6) is 0 Å². The number of carbonyl (C=O) groups excluding carboxylic acids is 1. The average Bonchev–Trinajstić information content (AvgIpc) is 2.39. The quantitative estimate of drug-likeness (QED) is 0.839. The molecule has 1 aliphatic carbocycles. The molecule has 2 unspecified atom stereocenters. The van der Waals surface area contributed by atoms with Crippen LogP contribution >= 0.6 is 0 Å². The molecule has 1 spiro atoms. The molecule has 1 aliphatic heterocycles. The molecule has 0 aromatic carbocycles. The number of Topliss-reactive ketones (excluding diaryl/α,β-unsaturated/α-hetero) is 1. The molecular weight excluding hydrogens is 228 g/mol. The molecule has 1 N–H and O–H groups in total. The fourth-order valence-corrected chi connectivity index (χ4v) is 3.50. The fourth-order valence-electron chi connectivity index (χ4n) is 3.50. The first-order valence-electron chi connectivity index (χ1n) is 7.52. The van der Waals surface area contributed by atoms with Gasteiger partial charge in [-0.2, -0.15) is 0 Å². The van der Waals surface area contributed by atoms with Gasteiger partial charge < -0.3 is 9.84 Å². The van der Waals surface area contributed by atoms with Crippen LogP contribution in [0.15, 0.2) is 0 Å². The van der Waals surface area contributed by atoms with Crippen molar-refractivity contribution in [2.24, 2.45) is 5.92 Å². The van der Waals surface area contributed by atoms with E-state index in [1.807, 2.05) is 6.92 Å². The number of aliphatic hydroxyl groups is 1. The molecule has 2 rings (SSSR count). The molecular formula is C15H26O3. The highest BCUT2D eigenvalue weighted by atomic mass is 16.5. The van der Waals surface area contributed by atoms with E-state index >= 15 is 0 Å². The maximum Gasteiger partial charge on any atom is 0.164 e. The molecule has 3 heteroatoms. The number of hydrogen-bond acceptors (Lipinski definition) is 3. The molecule has 2 fully saturated rings. The second-order valence-electron chi connectivity index (χ2n) is 5.99. The monoisotopic (exact) mass is 254 g/mol. The van der Waals surface area contributed by atoms with Crippen molar-refractivity contribution < 1.29 is 14.6 Å².